The molecule has 0 amide bonds. The molecule has 1 unspecified atom stereocenters. The molecule has 1 atom stereocenters. The molecule has 4 aromatic rings. The smallest absolute Gasteiger partial charge is 0.402 e. The first-order valence-electron chi connectivity index (χ1n) is 10.5. The van der Waals surface area contributed by atoms with Crippen LogP contribution in [0.4, 0.5) is 0 Å². The lowest BCUT2D eigenvalue weighted by atomic mass is 9.77. The quantitative estimate of drug-likeness (QED) is 0.316. The molecule has 0 saturated heterocycles. The van der Waals surface area contributed by atoms with Crippen LogP contribution in [0.1, 0.15) is 26.3 Å². The zero-order valence-electron chi connectivity index (χ0n) is 18.0. The van der Waals surface area contributed by atoms with Crippen molar-refractivity contribution >= 4 is 28.9 Å². The van der Waals surface area contributed by atoms with Gasteiger partial charge in [-0.2, -0.15) is 0 Å². The Balaban J connectivity index is 2.05. The van der Waals surface area contributed by atoms with Gasteiger partial charge in [0.2, 0.25) is 0 Å². The lowest BCUT2D eigenvalue weighted by Gasteiger charge is -2.41. The van der Waals surface area contributed by atoms with Gasteiger partial charge in [-0.25, -0.2) is 0 Å². The van der Waals surface area contributed by atoms with Gasteiger partial charge in [-0.15, -0.1) is 0 Å². The second kappa shape index (κ2) is 8.10. The Bertz CT molecular complexity index is 1160. The summed E-state index contributed by atoms with van der Waals surface area (Å²) in [5.74, 6) is 0. The van der Waals surface area contributed by atoms with Crippen LogP contribution in [-0.4, -0.2) is 33.7 Å². The van der Waals surface area contributed by atoms with Crippen LogP contribution in [0.5, 0.6) is 0 Å². The van der Waals surface area contributed by atoms with E-state index in [1.807, 2.05) is 42.5 Å². The minimum absolute atomic E-state index is 0.296. The molecule has 0 saturated carbocycles. The second-order valence-electron chi connectivity index (χ2n) is 8.72. The van der Waals surface area contributed by atoms with Crippen LogP contribution >= 0.6 is 0 Å². The highest BCUT2D eigenvalue weighted by Gasteiger charge is 2.44. The zero-order valence-corrected chi connectivity index (χ0v) is 18.0. The molecule has 31 heavy (non-hydrogen) atoms. The van der Waals surface area contributed by atoms with E-state index in [2.05, 4.69) is 36.4 Å². The molecule has 0 aromatic heterocycles. The third kappa shape index (κ3) is 3.98. The van der Waals surface area contributed by atoms with Crippen molar-refractivity contribution in [3.05, 3.63) is 84.4 Å². The summed E-state index contributed by atoms with van der Waals surface area (Å²) in [5, 5.41) is 34.3. The van der Waals surface area contributed by atoms with Crippen LogP contribution in [0, 0.1) is 0 Å². The summed E-state index contributed by atoms with van der Waals surface area (Å²) in [5.41, 5.74) is 0.728. The first kappa shape index (κ1) is 21.5. The molecule has 4 aromatic carbocycles. The van der Waals surface area contributed by atoms with Gasteiger partial charge >= 0.3 is 7.32 Å². The van der Waals surface area contributed by atoms with Crippen molar-refractivity contribution in [2.75, 3.05) is 0 Å². The molecular formula is C26H27BO4. The summed E-state index contributed by atoms with van der Waals surface area (Å²) in [4.78, 5) is 0. The maximum Gasteiger partial charge on any atom is 0.634 e. The van der Waals surface area contributed by atoms with Crippen LogP contribution in [0.3, 0.4) is 0 Å². The Kier molecular flexibility index (Phi) is 5.62. The topological polar surface area (TPSA) is 69.9 Å². The van der Waals surface area contributed by atoms with Crippen LogP contribution in [0.25, 0.3) is 32.7 Å². The van der Waals surface area contributed by atoms with Gasteiger partial charge in [0.25, 0.3) is 0 Å². The number of fused-ring (bicyclic) bond motifs is 2. The molecule has 0 aliphatic carbocycles. The largest absolute Gasteiger partial charge is 0.634 e. The number of rotatable bonds is 6. The molecule has 0 radical (unpaired) electrons. The summed E-state index contributed by atoms with van der Waals surface area (Å²) >= 11 is 0. The predicted octanol–water partition coefficient (Wildman–Crippen LogP) is 4.72. The van der Waals surface area contributed by atoms with E-state index in [0.717, 1.165) is 38.2 Å². The average molecular weight is 414 g/mol. The summed E-state index contributed by atoms with van der Waals surface area (Å²) in [6, 6.07) is 26.7. The van der Waals surface area contributed by atoms with Crippen molar-refractivity contribution in [1.29, 1.82) is 0 Å². The molecule has 3 N–H and O–H groups in total. The Hall–Kier alpha value is -2.70. The van der Waals surface area contributed by atoms with E-state index >= 15 is 0 Å². The second-order valence-corrected chi connectivity index (χ2v) is 8.72. The lowest BCUT2D eigenvalue weighted by molar-refractivity contribution is -0.119. The molecule has 0 aliphatic heterocycles. The van der Waals surface area contributed by atoms with Gasteiger partial charge in [0.05, 0.1) is 11.2 Å². The van der Waals surface area contributed by atoms with Gasteiger partial charge in [0.15, 0.2) is 0 Å². The SMILES string of the molecule is CC(C)(O)C(C)(Cc1c2ccccc2c(-c2ccccc2)c2ccccc12)OB(O)O. The number of aliphatic hydroxyl groups is 1. The predicted molar refractivity (Wildman–Crippen MR) is 127 cm³/mol. The third-order valence-electron chi connectivity index (χ3n) is 6.28. The fourth-order valence-corrected chi connectivity index (χ4v) is 4.30. The van der Waals surface area contributed by atoms with E-state index in [9.17, 15) is 15.2 Å². The third-order valence-corrected chi connectivity index (χ3v) is 6.28. The maximum atomic E-state index is 10.9. The molecule has 0 spiro atoms. The Morgan fingerprint density at radius 1 is 0.710 bits per heavy atom. The van der Waals surface area contributed by atoms with Crippen molar-refractivity contribution in [3.8, 4) is 11.1 Å². The van der Waals surface area contributed by atoms with E-state index in [1.165, 1.54) is 0 Å². The van der Waals surface area contributed by atoms with E-state index in [-0.39, 0.29) is 0 Å². The fraction of sp³-hybridized carbons (Fsp3) is 0.231. The fourth-order valence-electron chi connectivity index (χ4n) is 4.30. The summed E-state index contributed by atoms with van der Waals surface area (Å²) in [6.07, 6.45) is 0.296. The van der Waals surface area contributed by atoms with E-state index in [4.69, 9.17) is 4.65 Å². The molecule has 158 valence electrons. The summed E-state index contributed by atoms with van der Waals surface area (Å²) in [6.45, 7) is 4.96. The highest BCUT2D eigenvalue weighted by molar-refractivity contribution is 6.32. The number of hydrogen-bond donors (Lipinski definition) is 3. The van der Waals surface area contributed by atoms with Crippen molar-refractivity contribution in [3.63, 3.8) is 0 Å². The Morgan fingerprint density at radius 2 is 1.16 bits per heavy atom. The van der Waals surface area contributed by atoms with Gasteiger partial charge in [-0.3, -0.25) is 0 Å². The number of benzene rings is 4. The molecule has 0 heterocycles. The first-order valence-corrected chi connectivity index (χ1v) is 10.5. The van der Waals surface area contributed by atoms with Crippen molar-refractivity contribution in [1.82, 2.24) is 0 Å². The van der Waals surface area contributed by atoms with Crippen LogP contribution < -0.4 is 0 Å². The molecule has 4 nitrogen and oxygen atoms in total. The van der Waals surface area contributed by atoms with Crippen molar-refractivity contribution in [2.24, 2.45) is 0 Å². The van der Waals surface area contributed by atoms with E-state index < -0.39 is 18.5 Å². The minimum Gasteiger partial charge on any atom is -0.402 e. The van der Waals surface area contributed by atoms with Crippen LogP contribution in [0.2, 0.25) is 0 Å². The monoisotopic (exact) mass is 414 g/mol. The van der Waals surface area contributed by atoms with Gasteiger partial charge in [0, 0.05) is 6.42 Å². The molecular weight excluding hydrogens is 387 g/mol. The van der Waals surface area contributed by atoms with Crippen molar-refractivity contribution < 1.29 is 19.8 Å². The highest BCUT2D eigenvalue weighted by Crippen LogP contribution is 2.42. The lowest BCUT2D eigenvalue weighted by Crippen LogP contribution is -2.54. The average Bonchev–Trinajstić information content (AvgIpc) is 2.73. The molecule has 4 rings (SSSR count). The minimum atomic E-state index is -1.99. The van der Waals surface area contributed by atoms with Gasteiger partial charge in [0.1, 0.15) is 0 Å². The zero-order chi connectivity index (χ0) is 22.2. The normalized spacial score (nSPS) is 14.0. The van der Waals surface area contributed by atoms with Crippen LogP contribution in [-0.2, 0) is 11.1 Å². The molecule has 5 heteroatoms. The van der Waals surface area contributed by atoms with E-state index in [0.29, 0.717) is 6.42 Å². The molecule has 0 fully saturated rings. The van der Waals surface area contributed by atoms with E-state index in [1.54, 1.807) is 20.8 Å². The maximum absolute atomic E-state index is 10.9. The molecule has 0 bridgehead atoms. The van der Waals surface area contributed by atoms with Gasteiger partial charge in [-0.05, 0) is 59.0 Å². The van der Waals surface area contributed by atoms with Crippen LogP contribution in [0.15, 0.2) is 78.9 Å². The summed E-state index contributed by atoms with van der Waals surface area (Å²) < 4.78 is 5.48. The highest BCUT2D eigenvalue weighted by atomic mass is 16.6. The Labute approximate surface area is 182 Å². The van der Waals surface area contributed by atoms with Crippen molar-refractivity contribution in [2.45, 2.75) is 38.4 Å². The standard InChI is InChI=1S/C26H27BO4/c1-25(2,28)26(3,31-27(29)30)17-23-19-13-7-9-15-21(19)24(18-11-5-4-6-12-18)22-16-10-8-14-20(22)23/h4-16,28-30H,17H2,1-3H3. The molecule has 0 aliphatic rings. The number of hydrogen-bond acceptors (Lipinski definition) is 4. The van der Waals surface area contributed by atoms with Gasteiger partial charge < -0.3 is 19.8 Å². The Morgan fingerprint density at radius 3 is 1.61 bits per heavy atom. The van der Waals surface area contributed by atoms with Gasteiger partial charge in [-0.1, -0.05) is 78.9 Å². The first-order chi connectivity index (χ1) is 14.7. The summed E-state index contributed by atoms with van der Waals surface area (Å²) in [7, 11) is -1.99.